The summed E-state index contributed by atoms with van der Waals surface area (Å²) in [5.41, 5.74) is 2.35. The van der Waals surface area contributed by atoms with E-state index in [1.165, 1.54) is 24.3 Å². The van der Waals surface area contributed by atoms with Gasteiger partial charge in [-0.3, -0.25) is 9.88 Å². The van der Waals surface area contributed by atoms with Crippen LogP contribution in [0.5, 0.6) is 23.0 Å². The molecule has 2 heterocycles. The molecule has 2 unspecified atom stereocenters. The van der Waals surface area contributed by atoms with E-state index in [1.54, 1.807) is 24.5 Å². The van der Waals surface area contributed by atoms with Crippen LogP contribution in [0.4, 0.5) is 0 Å². The Labute approximate surface area is 163 Å². The SMILES string of the molecule is Oc1ccc(O)c(C2CCC(c3cc(O)ccc3O)N2Cc2ccncc2)c1. The van der Waals surface area contributed by atoms with Crippen molar-refractivity contribution in [1.82, 2.24) is 9.88 Å². The van der Waals surface area contributed by atoms with E-state index in [9.17, 15) is 20.4 Å². The van der Waals surface area contributed by atoms with Crippen LogP contribution in [0.3, 0.4) is 0 Å². The van der Waals surface area contributed by atoms with E-state index < -0.39 is 0 Å². The van der Waals surface area contributed by atoms with Crippen LogP contribution in [0.1, 0.15) is 41.6 Å². The maximum atomic E-state index is 10.4. The molecule has 1 aromatic heterocycles. The molecule has 0 aliphatic carbocycles. The van der Waals surface area contributed by atoms with Gasteiger partial charge < -0.3 is 20.4 Å². The Bertz CT molecular complexity index is 918. The van der Waals surface area contributed by atoms with E-state index in [1.807, 2.05) is 12.1 Å². The fourth-order valence-corrected chi connectivity index (χ4v) is 4.07. The molecular weight excluding hydrogens is 356 g/mol. The van der Waals surface area contributed by atoms with Gasteiger partial charge in [-0.15, -0.1) is 0 Å². The highest BCUT2D eigenvalue weighted by Crippen LogP contribution is 2.49. The lowest BCUT2D eigenvalue weighted by molar-refractivity contribution is 0.179. The number of rotatable bonds is 4. The number of benzene rings is 2. The highest BCUT2D eigenvalue weighted by atomic mass is 16.3. The topological polar surface area (TPSA) is 97.0 Å². The maximum Gasteiger partial charge on any atom is 0.120 e. The molecule has 2 aromatic carbocycles. The number of pyridine rings is 1. The van der Waals surface area contributed by atoms with Gasteiger partial charge in [-0.2, -0.15) is 0 Å². The van der Waals surface area contributed by atoms with E-state index in [-0.39, 0.29) is 35.1 Å². The molecule has 4 N–H and O–H groups in total. The summed E-state index contributed by atoms with van der Waals surface area (Å²) < 4.78 is 0. The van der Waals surface area contributed by atoms with Crippen molar-refractivity contribution in [3.8, 4) is 23.0 Å². The van der Waals surface area contributed by atoms with Gasteiger partial charge in [0.15, 0.2) is 0 Å². The minimum absolute atomic E-state index is 0.0975. The largest absolute Gasteiger partial charge is 0.508 e. The van der Waals surface area contributed by atoms with Crippen molar-refractivity contribution in [2.75, 3.05) is 0 Å². The summed E-state index contributed by atoms with van der Waals surface area (Å²) in [6, 6.07) is 12.6. The summed E-state index contributed by atoms with van der Waals surface area (Å²) in [6.45, 7) is 0.571. The zero-order valence-electron chi connectivity index (χ0n) is 15.2. The summed E-state index contributed by atoms with van der Waals surface area (Å²) in [5.74, 6) is 0.451. The molecule has 0 spiro atoms. The number of phenols is 4. The van der Waals surface area contributed by atoms with Gasteiger partial charge in [0.1, 0.15) is 23.0 Å². The maximum absolute atomic E-state index is 10.4. The Balaban J connectivity index is 1.76. The third-order valence-corrected chi connectivity index (χ3v) is 5.37. The summed E-state index contributed by atoms with van der Waals surface area (Å²) in [5, 5.41) is 40.6. The molecule has 4 rings (SSSR count). The Kier molecular flexibility index (Phi) is 4.79. The lowest BCUT2D eigenvalue weighted by Crippen LogP contribution is -2.26. The zero-order valence-corrected chi connectivity index (χ0v) is 15.2. The predicted octanol–water partition coefficient (Wildman–Crippen LogP) is 3.98. The second-order valence-corrected chi connectivity index (χ2v) is 7.12. The summed E-state index contributed by atoms with van der Waals surface area (Å²) in [6.07, 6.45) is 4.93. The van der Waals surface area contributed by atoms with E-state index in [0.717, 1.165) is 18.4 Å². The van der Waals surface area contributed by atoms with Crippen LogP contribution in [-0.4, -0.2) is 30.3 Å². The summed E-state index contributed by atoms with van der Waals surface area (Å²) in [7, 11) is 0. The van der Waals surface area contributed by atoms with Gasteiger partial charge in [-0.05, 0) is 66.9 Å². The zero-order chi connectivity index (χ0) is 19.7. The van der Waals surface area contributed by atoms with Gasteiger partial charge in [0.25, 0.3) is 0 Å². The molecule has 2 atom stereocenters. The lowest BCUT2D eigenvalue weighted by Gasteiger charge is -2.31. The number of phenolic OH excluding ortho intramolecular Hbond substituents is 4. The van der Waals surface area contributed by atoms with Gasteiger partial charge in [0, 0.05) is 42.1 Å². The molecule has 1 aliphatic rings. The fourth-order valence-electron chi connectivity index (χ4n) is 4.07. The highest BCUT2D eigenvalue weighted by Gasteiger charge is 2.37. The van der Waals surface area contributed by atoms with Crippen molar-refractivity contribution in [2.24, 2.45) is 0 Å². The first kappa shape index (κ1) is 18.1. The number of likely N-dealkylation sites (tertiary alicyclic amines) is 1. The first-order valence-electron chi connectivity index (χ1n) is 9.21. The van der Waals surface area contributed by atoms with Gasteiger partial charge >= 0.3 is 0 Å². The van der Waals surface area contributed by atoms with E-state index in [4.69, 9.17) is 0 Å². The van der Waals surface area contributed by atoms with Crippen LogP contribution < -0.4 is 0 Å². The molecule has 1 saturated heterocycles. The van der Waals surface area contributed by atoms with Gasteiger partial charge in [0.2, 0.25) is 0 Å². The predicted molar refractivity (Wildman–Crippen MR) is 104 cm³/mol. The first-order valence-corrected chi connectivity index (χ1v) is 9.21. The normalized spacial score (nSPS) is 19.7. The van der Waals surface area contributed by atoms with Gasteiger partial charge in [-0.25, -0.2) is 0 Å². The molecule has 0 radical (unpaired) electrons. The van der Waals surface area contributed by atoms with Crippen LogP contribution in [0.2, 0.25) is 0 Å². The van der Waals surface area contributed by atoms with Crippen LogP contribution in [0.25, 0.3) is 0 Å². The highest BCUT2D eigenvalue weighted by molar-refractivity contribution is 5.44. The molecular formula is C22H22N2O4. The molecule has 0 bridgehead atoms. The third-order valence-electron chi connectivity index (χ3n) is 5.37. The molecule has 1 fully saturated rings. The average Bonchev–Trinajstić information content (AvgIpc) is 3.09. The molecule has 3 aromatic rings. The molecule has 144 valence electrons. The summed E-state index contributed by atoms with van der Waals surface area (Å²) in [4.78, 5) is 6.24. The van der Waals surface area contributed by atoms with Crippen molar-refractivity contribution in [1.29, 1.82) is 0 Å². The fraction of sp³-hybridized carbons (Fsp3) is 0.227. The smallest absolute Gasteiger partial charge is 0.120 e. The number of aromatic hydroxyl groups is 4. The third kappa shape index (κ3) is 3.46. The van der Waals surface area contributed by atoms with Crippen molar-refractivity contribution in [3.63, 3.8) is 0 Å². The second-order valence-electron chi connectivity index (χ2n) is 7.12. The molecule has 28 heavy (non-hydrogen) atoms. The van der Waals surface area contributed by atoms with Gasteiger partial charge in [0.05, 0.1) is 0 Å². The number of hydrogen-bond acceptors (Lipinski definition) is 6. The van der Waals surface area contributed by atoms with Crippen LogP contribution in [0.15, 0.2) is 60.9 Å². The Hall–Kier alpha value is -3.25. The number of nitrogens with zero attached hydrogens (tertiary/aromatic N) is 2. The van der Waals surface area contributed by atoms with Crippen LogP contribution in [-0.2, 0) is 6.54 Å². The monoisotopic (exact) mass is 378 g/mol. The quantitative estimate of drug-likeness (QED) is 0.513. The van der Waals surface area contributed by atoms with E-state index in [2.05, 4.69) is 9.88 Å². The number of hydrogen-bond donors (Lipinski definition) is 4. The van der Waals surface area contributed by atoms with Crippen molar-refractivity contribution in [2.45, 2.75) is 31.5 Å². The minimum atomic E-state index is -0.146. The van der Waals surface area contributed by atoms with Crippen molar-refractivity contribution in [3.05, 3.63) is 77.6 Å². The number of aromatic nitrogens is 1. The standard InChI is InChI=1S/C22H22N2O4/c25-15-1-5-21(27)17(11-15)19-3-4-20(18-12-16(26)2-6-22(18)28)24(19)13-14-7-9-23-10-8-14/h1-2,5-12,19-20,25-28H,3-4,13H2. The Morgan fingerprint density at radius 2 is 1.25 bits per heavy atom. The summed E-state index contributed by atoms with van der Waals surface area (Å²) >= 11 is 0. The van der Waals surface area contributed by atoms with E-state index in [0.29, 0.717) is 17.7 Å². The van der Waals surface area contributed by atoms with Crippen molar-refractivity contribution < 1.29 is 20.4 Å². The molecule has 6 nitrogen and oxygen atoms in total. The second kappa shape index (κ2) is 7.40. The molecule has 1 aliphatic heterocycles. The van der Waals surface area contributed by atoms with Crippen LogP contribution >= 0.6 is 0 Å². The molecule has 0 amide bonds. The Morgan fingerprint density at radius 3 is 1.75 bits per heavy atom. The first-order chi connectivity index (χ1) is 13.5. The van der Waals surface area contributed by atoms with E-state index >= 15 is 0 Å². The molecule has 6 heteroatoms. The minimum Gasteiger partial charge on any atom is -0.508 e. The van der Waals surface area contributed by atoms with Crippen LogP contribution in [0, 0.1) is 0 Å². The van der Waals surface area contributed by atoms with Gasteiger partial charge in [-0.1, -0.05) is 0 Å². The molecule has 0 saturated carbocycles. The van der Waals surface area contributed by atoms with Crippen molar-refractivity contribution >= 4 is 0 Å². The average molecular weight is 378 g/mol. The lowest BCUT2D eigenvalue weighted by atomic mass is 10.0. The Morgan fingerprint density at radius 1 is 0.750 bits per heavy atom.